The van der Waals surface area contributed by atoms with Gasteiger partial charge in [0.05, 0.1) is 18.2 Å². The molecule has 2 saturated heterocycles. The van der Waals surface area contributed by atoms with Crippen molar-refractivity contribution < 1.29 is 14.4 Å². The van der Waals surface area contributed by atoms with E-state index in [1.165, 1.54) is 0 Å². The molecule has 8 nitrogen and oxygen atoms in total. The summed E-state index contributed by atoms with van der Waals surface area (Å²) in [6.07, 6.45) is 0.0799. The molecule has 0 saturated carbocycles. The van der Waals surface area contributed by atoms with E-state index in [-0.39, 0.29) is 42.8 Å². The minimum absolute atomic E-state index is 0. The Kier molecular flexibility index (Phi) is 8.42. The fourth-order valence-corrected chi connectivity index (χ4v) is 3.72. The number of benzene rings is 1. The van der Waals surface area contributed by atoms with E-state index in [9.17, 15) is 9.90 Å². The molecule has 0 aliphatic carbocycles. The van der Waals surface area contributed by atoms with Crippen molar-refractivity contribution in [3.8, 4) is 11.4 Å². The van der Waals surface area contributed by atoms with Crippen LogP contribution >= 0.6 is 24.8 Å². The number of β-amino-alcohol motifs (C(OH)–C–C–N with tert-alkyl or cyclic N) is 1. The van der Waals surface area contributed by atoms with E-state index in [0.29, 0.717) is 37.8 Å². The molecule has 1 aromatic heterocycles. The minimum Gasteiger partial charge on any atom is -0.392 e. The number of carbonyl (C=O) groups excluding carboxylic acids is 1. The lowest BCUT2D eigenvalue weighted by molar-refractivity contribution is -0.135. The molecule has 1 amide bonds. The zero-order valence-electron chi connectivity index (χ0n) is 16.2. The fraction of sp³-hybridized carbons (Fsp3) is 0.526. The molecule has 4 rings (SSSR count). The number of rotatable bonds is 4. The molecule has 3 unspecified atom stereocenters. The quantitative estimate of drug-likeness (QED) is 0.738. The molecule has 3 heterocycles. The summed E-state index contributed by atoms with van der Waals surface area (Å²) in [5.74, 6) is 1.27. The molecule has 1 aromatic carbocycles. The van der Waals surface area contributed by atoms with Gasteiger partial charge in [0.2, 0.25) is 17.6 Å². The molecular weight excluding hydrogens is 417 g/mol. The molecule has 2 aliphatic rings. The van der Waals surface area contributed by atoms with E-state index >= 15 is 0 Å². The Morgan fingerprint density at radius 2 is 1.90 bits per heavy atom. The molecule has 0 bridgehead atoms. The third-order valence-corrected chi connectivity index (χ3v) is 5.41. The highest BCUT2D eigenvalue weighted by Gasteiger charge is 2.34. The van der Waals surface area contributed by atoms with Crippen molar-refractivity contribution in [2.24, 2.45) is 0 Å². The second-order valence-electron chi connectivity index (χ2n) is 7.21. The van der Waals surface area contributed by atoms with Crippen LogP contribution in [0, 0.1) is 0 Å². The predicted molar refractivity (Wildman–Crippen MR) is 113 cm³/mol. The molecule has 2 N–H and O–H groups in total. The van der Waals surface area contributed by atoms with Crippen molar-refractivity contribution in [3.05, 3.63) is 36.2 Å². The van der Waals surface area contributed by atoms with Crippen LogP contribution in [0.15, 0.2) is 34.9 Å². The maximum atomic E-state index is 12.5. The van der Waals surface area contributed by atoms with Gasteiger partial charge in [0.15, 0.2) is 0 Å². The van der Waals surface area contributed by atoms with Crippen LogP contribution in [0.5, 0.6) is 0 Å². The zero-order chi connectivity index (χ0) is 18.8. The Morgan fingerprint density at radius 3 is 2.52 bits per heavy atom. The highest BCUT2D eigenvalue weighted by Crippen LogP contribution is 2.23. The SMILES string of the molecule is CC(c1nc(-c2ccccc2)no1)N1CCN(C(=O)C2CC(O)CN2)CC1.Cl.Cl. The number of aromatic nitrogens is 2. The van der Waals surface area contributed by atoms with Crippen LogP contribution in [0.1, 0.15) is 25.3 Å². The van der Waals surface area contributed by atoms with Crippen molar-refractivity contribution in [1.82, 2.24) is 25.3 Å². The van der Waals surface area contributed by atoms with Gasteiger partial charge >= 0.3 is 0 Å². The molecule has 3 atom stereocenters. The molecule has 2 aromatic rings. The number of amides is 1. The molecular formula is C19H27Cl2N5O3. The van der Waals surface area contributed by atoms with Crippen LogP contribution in [-0.4, -0.2) is 75.8 Å². The van der Waals surface area contributed by atoms with E-state index in [1.54, 1.807) is 0 Å². The van der Waals surface area contributed by atoms with Gasteiger partial charge in [-0.1, -0.05) is 35.5 Å². The second kappa shape index (κ2) is 10.4. The Bertz CT molecular complexity index is 783. The third-order valence-electron chi connectivity index (χ3n) is 5.41. The second-order valence-corrected chi connectivity index (χ2v) is 7.21. The summed E-state index contributed by atoms with van der Waals surface area (Å²) in [6, 6.07) is 9.50. The first kappa shape index (κ1) is 23.6. The maximum Gasteiger partial charge on any atom is 0.244 e. The molecule has 29 heavy (non-hydrogen) atoms. The first-order valence-corrected chi connectivity index (χ1v) is 9.45. The van der Waals surface area contributed by atoms with Gasteiger partial charge in [-0.3, -0.25) is 9.69 Å². The van der Waals surface area contributed by atoms with E-state index in [2.05, 4.69) is 27.3 Å². The van der Waals surface area contributed by atoms with Gasteiger partial charge in [0.25, 0.3) is 0 Å². The van der Waals surface area contributed by atoms with Crippen LogP contribution in [0.4, 0.5) is 0 Å². The molecule has 10 heteroatoms. The average molecular weight is 444 g/mol. The van der Waals surface area contributed by atoms with Crippen molar-refractivity contribution in [2.45, 2.75) is 31.5 Å². The monoisotopic (exact) mass is 443 g/mol. The van der Waals surface area contributed by atoms with Gasteiger partial charge in [-0.2, -0.15) is 4.98 Å². The zero-order valence-corrected chi connectivity index (χ0v) is 17.9. The summed E-state index contributed by atoms with van der Waals surface area (Å²) in [5, 5.41) is 16.8. The van der Waals surface area contributed by atoms with Gasteiger partial charge in [-0.05, 0) is 13.3 Å². The van der Waals surface area contributed by atoms with Crippen LogP contribution in [0.2, 0.25) is 0 Å². The van der Waals surface area contributed by atoms with E-state index < -0.39 is 6.10 Å². The van der Waals surface area contributed by atoms with Gasteiger partial charge in [-0.25, -0.2) is 0 Å². The number of hydrogen-bond donors (Lipinski definition) is 2. The number of aliphatic hydroxyl groups is 1. The van der Waals surface area contributed by atoms with Gasteiger partial charge in [0, 0.05) is 38.3 Å². The van der Waals surface area contributed by atoms with Gasteiger partial charge in [-0.15, -0.1) is 24.8 Å². The number of aliphatic hydroxyl groups excluding tert-OH is 1. The topological polar surface area (TPSA) is 94.7 Å². The fourth-order valence-electron chi connectivity index (χ4n) is 3.72. The van der Waals surface area contributed by atoms with Crippen molar-refractivity contribution >= 4 is 30.7 Å². The Balaban J connectivity index is 0.00000150. The van der Waals surface area contributed by atoms with Crippen molar-refractivity contribution in [1.29, 1.82) is 0 Å². The highest BCUT2D eigenvalue weighted by atomic mass is 35.5. The van der Waals surface area contributed by atoms with Crippen molar-refractivity contribution in [3.63, 3.8) is 0 Å². The number of nitrogens with one attached hydrogen (secondary N) is 1. The summed E-state index contributed by atoms with van der Waals surface area (Å²) < 4.78 is 5.48. The maximum absolute atomic E-state index is 12.5. The normalized spacial score (nSPS) is 23.2. The molecule has 0 spiro atoms. The summed E-state index contributed by atoms with van der Waals surface area (Å²) >= 11 is 0. The van der Waals surface area contributed by atoms with Crippen LogP contribution < -0.4 is 5.32 Å². The Morgan fingerprint density at radius 1 is 1.21 bits per heavy atom. The Labute approximate surface area is 182 Å². The van der Waals surface area contributed by atoms with Gasteiger partial charge < -0.3 is 19.8 Å². The molecule has 2 aliphatic heterocycles. The van der Waals surface area contributed by atoms with E-state index in [4.69, 9.17) is 4.52 Å². The van der Waals surface area contributed by atoms with Gasteiger partial charge in [0.1, 0.15) is 0 Å². The smallest absolute Gasteiger partial charge is 0.244 e. The first-order valence-electron chi connectivity index (χ1n) is 9.45. The lowest BCUT2D eigenvalue weighted by Gasteiger charge is -2.37. The van der Waals surface area contributed by atoms with Crippen LogP contribution in [0.25, 0.3) is 11.4 Å². The van der Waals surface area contributed by atoms with Crippen LogP contribution in [0.3, 0.4) is 0 Å². The molecule has 2 fully saturated rings. The number of nitrogens with zero attached hydrogens (tertiary/aromatic N) is 4. The van der Waals surface area contributed by atoms with E-state index in [0.717, 1.165) is 18.7 Å². The summed E-state index contributed by atoms with van der Waals surface area (Å²) in [7, 11) is 0. The lowest BCUT2D eigenvalue weighted by atomic mass is 10.1. The first-order chi connectivity index (χ1) is 13.1. The summed E-state index contributed by atoms with van der Waals surface area (Å²) in [6.45, 7) is 5.38. The summed E-state index contributed by atoms with van der Waals surface area (Å²) in [4.78, 5) is 21.2. The third kappa shape index (κ3) is 5.26. The molecule has 160 valence electrons. The number of carbonyl (C=O) groups is 1. The number of hydrogen-bond acceptors (Lipinski definition) is 7. The van der Waals surface area contributed by atoms with Crippen LogP contribution in [-0.2, 0) is 4.79 Å². The highest BCUT2D eigenvalue weighted by molar-refractivity contribution is 5.85. The van der Waals surface area contributed by atoms with Crippen molar-refractivity contribution in [2.75, 3.05) is 32.7 Å². The summed E-state index contributed by atoms with van der Waals surface area (Å²) in [5.41, 5.74) is 0.932. The van der Waals surface area contributed by atoms with E-state index in [1.807, 2.05) is 35.2 Å². The number of piperazine rings is 1. The predicted octanol–water partition coefficient (Wildman–Crippen LogP) is 1.51. The standard InChI is InChI=1S/C19H25N5O3.2ClH/c1-13(18-21-17(22-27-18)14-5-3-2-4-6-14)23-7-9-24(10-8-23)19(26)16-11-15(25)12-20-16;;/h2-6,13,15-16,20,25H,7-12H2,1H3;2*1H. The average Bonchev–Trinajstić information content (AvgIpc) is 3.37. The number of halogens is 2. The lowest BCUT2D eigenvalue weighted by Crippen LogP contribution is -2.53. The largest absolute Gasteiger partial charge is 0.392 e. The Hall–Kier alpha value is -1.71. The molecule has 0 radical (unpaired) electrons. The minimum atomic E-state index is -0.420.